The molecule has 1 amide bonds. The first-order valence-corrected chi connectivity index (χ1v) is 8.48. The third-order valence-electron chi connectivity index (χ3n) is 3.53. The predicted octanol–water partition coefficient (Wildman–Crippen LogP) is 3.36. The fourth-order valence-electron chi connectivity index (χ4n) is 2.36. The van der Waals surface area contributed by atoms with E-state index in [-0.39, 0.29) is 18.1 Å². The van der Waals surface area contributed by atoms with Crippen LogP contribution < -0.4 is 5.32 Å². The summed E-state index contributed by atoms with van der Waals surface area (Å²) in [5, 5.41) is 12.0. The highest BCUT2D eigenvalue weighted by Gasteiger charge is 2.18. The minimum absolute atomic E-state index is 0.0457. The first kappa shape index (κ1) is 17.5. The normalized spacial score (nSPS) is 10.3. The molecule has 3 rings (SSSR count). The van der Waals surface area contributed by atoms with E-state index in [0.29, 0.717) is 39.2 Å². The number of aromatic nitrogens is 2. The van der Waals surface area contributed by atoms with Crippen LogP contribution in [0, 0.1) is 18.3 Å². The number of anilines is 1. The van der Waals surface area contributed by atoms with E-state index in [1.807, 2.05) is 0 Å². The van der Waals surface area contributed by atoms with Crippen LogP contribution >= 0.6 is 11.5 Å². The van der Waals surface area contributed by atoms with Gasteiger partial charge in [0, 0.05) is 17.1 Å². The molecule has 2 aromatic heterocycles. The van der Waals surface area contributed by atoms with E-state index in [1.165, 1.54) is 6.92 Å². The summed E-state index contributed by atoms with van der Waals surface area (Å²) in [7, 11) is 0. The van der Waals surface area contributed by atoms with Crippen LogP contribution in [0.3, 0.4) is 0 Å². The molecule has 0 saturated carbocycles. The molecule has 0 fully saturated rings. The van der Waals surface area contributed by atoms with Gasteiger partial charge in [-0.2, -0.15) is 9.64 Å². The van der Waals surface area contributed by atoms with Crippen LogP contribution in [0.25, 0.3) is 11.3 Å². The number of nitrogens with one attached hydrogen (secondary N) is 1. The first-order valence-electron chi connectivity index (χ1n) is 7.70. The highest BCUT2D eigenvalue weighted by Crippen LogP contribution is 2.27. The Morgan fingerprint density at radius 3 is 2.88 bits per heavy atom. The molecule has 7 nitrogen and oxygen atoms in total. The van der Waals surface area contributed by atoms with Gasteiger partial charge in [0.05, 0.1) is 23.6 Å². The average molecular weight is 366 g/mol. The summed E-state index contributed by atoms with van der Waals surface area (Å²) in [5.74, 6) is 0.915. The Kier molecular flexibility index (Phi) is 4.91. The van der Waals surface area contributed by atoms with Gasteiger partial charge in [-0.3, -0.25) is 14.9 Å². The SMILES string of the molecule is CC(=O)Cc1nsc(NC(=O)c2cc(-c3cccc(C#N)c3)oc2C)n1. The van der Waals surface area contributed by atoms with Crippen molar-refractivity contribution in [2.75, 3.05) is 5.32 Å². The number of carbonyl (C=O) groups excluding carboxylic acids is 2. The Bertz CT molecular complexity index is 1030. The third kappa shape index (κ3) is 3.84. The summed E-state index contributed by atoms with van der Waals surface area (Å²) in [6.45, 7) is 3.14. The Hall–Kier alpha value is -3.31. The number of carbonyl (C=O) groups is 2. The van der Waals surface area contributed by atoms with Crippen molar-refractivity contribution in [3.63, 3.8) is 0 Å². The summed E-state index contributed by atoms with van der Waals surface area (Å²) in [6.07, 6.45) is 0.135. The van der Waals surface area contributed by atoms with Crippen LogP contribution in [0.4, 0.5) is 5.13 Å². The number of ketones is 1. The zero-order valence-electron chi connectivity index (χ0n) is 14.1. The molecular weight excluding hydrogens is 352 g/mol. The number of nitriles is 1. The second-order valence-corrected chi connectivity index (χ2v) is 6.37. The molecule has 0 radical (unpaired) electrons. The smallest absolute Gasteiger partial charge is 0.261 e. The van der Waals surface area contributed by atoms with Crippen molar-refractivity contribution < 1.29 is 14.0 Å². The first-order chi connectivity index (χ1) is 12.5. The number of Topliss-reactive ketones (excluding diaryl/α,β-unsaturated/α-hetero) is 1. The van der Waals surface area contributed by atoms with Gasteiger partial charge in [-0.15, -0.1) is 0 Å². The standard InChI is InChI=1S/C18H14N4O3S/c1-10(23)6-16-20-18(26-22-16)21-17(24)14-8-15(25-11(14)2)13-5-3-4-12(7-13)9-19/h3-5,7-8H,6H2,1-2H3,(H,20,21,22,24). The van der Waals surface area contributed by atoms with Crippen LogP contribution in [-0.2, 0) is 11.2 Å². The lowest BCUT2D eigenvalue weighted by molar-refractivity contribution is -0.116. The second-order valence-electron chi connectivity index (χ2n) is 5.62. The molecule has 0 saturated heterocycles. The van der Waals surface area contributed by atoms with Crippen LogP contribution in [0.2, 0.25) is 0 Å². The lowest BCUT2D eigenvalue weighted by atomic mass is 10.1. The van der Waals surface area contributed by atoms with Gasteiger partial charge in [-0.05, 0) is 32.0 Å². The summed E-state index contributed by atoms with van der Waals surface area (Å²) < 4.78 is 9.71. The molecule has 0 unspecified atom stereocenters. The van der Waals surface area contributed by atoms with E-state index < -0.39 is 0 Å². The maximum atomic E-state index is 12.5. The summed E-state index contributed by atoms with van der Waals surface area (Å²) in [5.41, 5.74) is 1.59. The molecule has 26 heavy (non-hydrogen) atoms. The molecule has 0 aliphatic rings. The summed E-state index contributed by atoms with van der Waals surface area (Å²) in [6, 6.07) is 10.6. The molecule has 0 bridgehead atoms. The molecule has 0 aliphatic carbocycles. The van der Waals surface area contributed by atoms with Crippen LogP contribution in [-0.4, -0.2) is 21.0 Å². The number of aryl methyl sites for hydroxylation is 1. The monoisotopic (exact) mass is 366 g/mol. The number of hydrogen-bond donors (Lipinski definition) is 1. The number of benzene rings is 1. The van der Waals surface area contributed by atoms with Gasteiger partial charge in [0.25, 0.3) is 5.91 Å². The largest absolute Gasteiger partial charge is 0.461 e. The lowest BCUT2D eigenvalue weighted by Crippen LogP contribution is -2.12. The highest BCUT2D eigenvalue weighted by atomic mass is 32.1. The molecule has 1 aromatic carbocycles. The number of furan rings is 1. The third-order valence-corrected chi connectivity index (χ3v) is 4.20. The predicted molar refractivity (Wildman–Crippen MR) is 95.8 cm³/mol. The fourth-order valence-corrected chi connectivity index (χ4v) is 2.94. The van der Waals surface area contributed by atoms with E-state index in [2.05, 4.69) is 20.7 Å². The minimum Gasteiger partial charge on any atom is -0.461 e. The molecule has 0 spiro atoms. The molecular formula is C18H14N4O3S. The van der Waals surface area contributed by atoms with Crippen molar-refractivity contribution in [1.82, 2.24) is 9.36 Å². The minimum atomic E-state index is -0.375. The Labute approximate surface area is 153 Å². The Morgan fingerprint density at radius 2 is 2.15 bits per heavy atom. The van der Waals surface area contributed by atoms with Crippen LogP contribution in [0.1, 0.15) is 34.4 Å². The topological polar surface area (TPSA) is 109 Å². The van der Waals surface area contributed by atoms with Crippen molar-refractivity contribution in [3.05, 3.63) is 53.0 Å². The zero-order valence-corrected chi connectivity index (χ0v) is 14.9. The van der Waals surface area contributed by atoms with Crippen molar-refractivity contribution in [2.45, 2.75) is 20.3 Å². The summed E-state index contributed by atoms with van der Waals surface area (Å²) >= 11 is 1.02. The van der Waals surface area contributed by atoms with Crippen LogP contribution in [0.5, 0.6) is 0 Å². The van der Waals surface area contributed by atoms with Crippen molar-refractivity contribution in [3.8, 4) is 17.4 Å². The maximum Gasteiger partial charge on any atom is 0.261 e. The summed E-state index contributed by atoms with van der Waals surface area (Å²) in [4.78, 5) is 27.7. The fraction of sp³-hybridized carbons (Fsp3) is 0.167. The van der Waals surface area contributed by atoms with Crippen molar-refractivity contribution in [2.24, 2.45) is 0 Å². The number of rotatable bonds is 5. The second kappa shape index (κ2) is 7.29. The van der Waals surface area contributed by atoms with Gasteiger partial charge in [0.15, 0.2) is 5.82 Å². The highest BCUT2D eigenvalue weighted by molar-refractivity contribution is 7.09. The Balaban J connectivity index is 1.80. The van der Waals surface area contributed by atoms with Gasteiger partial charge in [-0.1, -0.05) is 12.1 Å². The van der Waals surface area contributed by atoms with Gasteiger partial charge in [-0.25, -0.2) is 4.98 Å². The molecule has 1 N–H and O–H groups in total. The molecule has 130 valence electrons. The van der Waals surface area contributed by atoms with E-state index in [9.17, 15) is 9.59 Å². The number of amides is 1. The number of nitrogens with zero attached hydrogens (tertiary/aromatic N) is 3. The molecule has 8 heteroatoms. The van der Waals surface area contributed by atoms with Gasteiger partial charge < -0.3 is 4.42 Å². The van der Waals surface area contributed by atoms with E-state index in [1.54, 1.807) is 37.3 Å². The van der Waals surface area contributed by atoms with Crippen molar-refractivity contribution >= 4 is 28.4 Å². The van der Waals surface area contributed by atoms with Gasteiger partial charge >= 0.3 is 0 Å². The van der Waals surface area contributed by atoms with Gasteiger partial charge in [0.1, 0.15) is 17.3 Å². The average Bonchev–Trinajstić information content (AvgIpc) is 3.20. The van der Waals surface area contributed by atoms with E-state index in [0.717, 1.165) is 11.5 Å². The molecule has 0 atom stereocenters. The zero-order chi connectivity index (χ0) is 18.7. The van der Waals surface area contributed by atoms with Crippen molar-refractivity contribution in [1.29, 1.82) is 5.26 Å². The molecule has 2 heterocycles. The number of hydrogen-bond acceptors (Lipinski definition) is 7. The Morgan fingerprint density at radius 1 is 1.35 bits per heavy atom. The lowest BCUT2D eigenvalue weighted by Gasteiger charge is -1.98. The van der Waals surface area contributed by atoms with E-state index >= 15 is 0 Å². The van der Waals surface area contributed by atoms with Gasteiger partial charge in [0.2, 0.25) is 5.13 Å². The quantitative estimate of drug-likeness (QED) is 0.741. The van der Waals surface area contributed by atoms with Crippen LogP contribution in [0.15, 0.2) is 34.7 Å². The molecule has 0 aliphatic heterocycles. The maximum absolute atomic E-state index is 12.5. The molecule has 3 aromatic rings. The van der Waals surface area contributed by atoms with E-state index in [4.69, 9.17) is 9.68 Å².